The Kier molecular flexibility index (Phi) is 6.54. The topological polar surface area (TPSA) is 95.7 Å². The van der Waals surface area contributed by atoms with Crippen LogP contribution in [0.25, 0.3) is 0 Å². The summed E-state index contributed by atoms with van der Waals surface area (Å²) in [6.45, 7) is 0.878. The molecule has 0 heterocycles. The lowest BCUT2D eigenvalue weighted by molar-refractivity contribution is -0.384. The maximum Gasteiger partial charge on any atom is 0.305 e. The fraction of sp³-hybridized carbons (Fsp3) is 0.176. The molecule has 0 fully saturated rings. The summed E-state index contributed by atoms with van der Waals surface area (Å²) in [5.41, 5.74) is 0.437. The van der Waals surface area contributed by atoms with Crippen LogP contribution in [-0.4, -0.2) is 23.5 Å². The molecule has 0 spiro atoms. The van der Waals surface area contributed by atoms with Gasteiger partial charge in [-0.1, -0.05) is 29.3 Å². The highest BCUT2D eigenvalue weighted by Gasteiger charge is 2.17. The Morgan fingerprint density at radius 3 is 2.50 bits per heavy atom. The van der Waals surface area contributed by atoms with E-state index in [1.54, 1.807) is 0 Å². The fourth-order valence-electron chi connectivity index (χ4n) is 2.08. The highest BCUT2D eigenvalue weighted by molar-refractivity contribution is 6.32. The monoisotopic (exact) mass is 397 g/mol. The largest absolute Gasteiger partial charge is 0.457 e. The molecule has 2 aromatic carbocycles. The molecular weight excluding hydrogens is 385 g/mol. The Morgan fingerprint density at radius 1 is 1.15 bits per heavy atom. The number of Topliss-reactive ketones (excluding diaryl/α,β-unsaturated/α-hetero) is 1. The van der Waals surface area contributed by atoms with Gasteiger partial charge in [0.05, 0.1) is 15.5 Å². The quantitative estimate of drug-likeness (QED) is 0.228. The molecule has 0 bridgehead atoms. The maximum absolute atomic E-state index is 12.6. The fourth-order valence-corrected chi connectivity index (χ4v) is 2.50. The zero-order chi connectivity index (χ0) is 19.3. The molecule has 0 aliphatic rings. The summed E-state index contributed by atoms with van der Waals surface area (Å²) in [4.78, 5) is 33.6. The minimum Gasteiger partial charge on any atom is -0.457 e. The van der Waals surface area contributed by atoms with Gasteiger partial charge in [0.15, 0.2) is 5.78 Å². The van der Waals surface area contributed by atoms with Gasteiger partial charge < -0.3 is 9.47 Å². The second-order valence-electron chi connectivity index (χ2n) is 5.17. The molecule has 7 nitrogen and oxygen atoms in total. The van der Waals surface area contributed by atoms with Crippen LogP contribution in [0.15, 0.2) is 36.4 Å². The summed E-state index contributed by atoms with van der Waals surface area (Å²) in [5, 5.41) is 11.2. The van der Waals surface area contributed by atoms with E-state index in [0.29, 0.717) is 10.6 Å². The van der Waals surface area contributed by atoms with E-state index in [-0.39, 0.29) is 41.0 Å². The number of ether oxygens (including phenoxy) is 2. The molecule has 0 N–H and O–H groups in total. The van der Waals surface area contributed by atoms with Crippen LogP contribution in [0.4, 0.5) is 5.69 Å². The van der Waals surface area contributed by atoms with Gasteiger partial charge in [0, 0.05) is 30.5 Å². The van der Waals surface area contributed by atoms with E-state index in [1.165, 1.54) is 43.3 Å². The summed E-state index contributed by atoms with van der Waals surface area (Å²) < 4.78 is 9.99. The third-order valence-electron chi connectivity index (χ3n) is 3.32. The van der Waals surface area contributed by atoms with E-state index < -0.39 is 10.9 Å². The lowest BCUT2D eigenvalue weighted by atomic mass is 10.0. The molecule has 9 heteroatoms. The Labute approximate surface area is 158 Å². The SMILES string of the molecule is CC(=O)OCOc1ccc(Cl)cc1C(=O)Cc1ccc([N+](=O)[O-])cc1Cl. The van der Waals surface area contributed by atoms with Gasteiger partial charge in [0.25, 0.3) is 5.69 Å². The molecular formula is C17H13Cl2NO6. The number of ketones is 1. The Bertz CT molecular complexity index is 868. The second kappa shape index (κ2) is 8.64. The highest BCUT2D eigenvalue weighted by atomic mass is 35.5. The number of nitrogens with zero attached hydrogens (tertiary/aromatic N) is 1. The molecule has 0 amide bonds. The zero-order valence-corrected chi connectivity index (χ0v) is 15.0. The van der Waals surface area contributed by atoms with Gasteiger partial charge in [0.2, 0.25) is 6.79 Å². The van der Waals surface area contributed by atoms with Crippen molar-refractivity contribution in [2.45, 2.75) is 13.3 Å². The predicted molar refractivity (Wildman–Crippen MR) is 94.9 cm³/mol. The van der Waals surface area contributed by atoms with Crippen molar-refractivity contribution < 1.29 is 24.0 Å². The van der Waals surface area contributed by atoms with Gasteiger partial charge in [-0.2, -0.15) is 0 Å². The van der Waals surface area contributed by atoms with Crippen molar-refractivity contribution in [3.8, 4) is 5.75 Å². The molecule has 2 aromatic rings. The Morgan fingerprint density at radius 2 is 1.88 bits per heavy atom. The number of carbonyl (C=O) groups excluding carboxylic acids is 2. The number of rotatable bonds is 7. The average Bonchev–Trinajstić information content (AvgIpc) is 2.57. The highest BCUT2D eigenvalue weighted by Crippen LogP contribution is 2.27. The van der Waals surface area contributed by atoms with Crippen molar-refractivity contribution in [3.05, 3.63) is 67.7 Å². The van der Waals surface area contributed by atoms with Crippen LogP contribution >= 0.6 is 23.2 Å². The molecule has 0 atom stereocenters. The molecule has 0 saturated carbocycles. The first-order valence-electron chi connectivity index (χ1n) is 7.29. The van der Waals surface area contributed by atoms with Crippen molar-refractivity contribution in [1.29, 1.82) is 0 Å². The first-order valence-corrected chi connectivity index (χ1v) is 8.05. The number of carbonyl (C=O) groups is 2. The maximum atomic E-state index is 12.6. The molecule has 0 saturated heterocycles. The number of halogens is 2. The van der Waals surface area contributed by atoms with Gasteiger partial charge >= 0.3 is 5.97 Å². The van der Waals surface area contributed by atoms with E-state index in [4.69, 9.17) is 32.7 Å². The Balaban J connectivity index is 2.22. The van der Waals surface area contributed by atoms with E-state index in [2.05, 4.69) is 0 Å². The lowest BCUT2D eigenvalue weighted by Crippen LogP contribution is -2.11. The van der Waals surface area contributed by atoms with Crippen LogP contribution in [0.5, 0.6) is 5.75 Å². The van der Waals surface area contributed by atoms with E-state index in [1.807, 2.05) is 0 Å². The summed E-state index contributed by atoms with van der Waals surface area (Å²) >= 11 is 12.0. The molecule has 0 aliphatic heterocycles. The predicted octanol–water partition coefficient (Wildman–Crippen LogP) is 4.23. The van der Waals surface area contributed by atoms with Crippen LogP contribution in [0.1, 0.15) is 22.8 Å². The molecule has 0 aliphatic carbocycles. The number of esters is 1. The van der Waals surface area contributed by atoms with Gasteiger partial charge in [-0.3, -0.25) is 19.7 Å². The third-order valence-corrected chi connectivity index (χ3v) is 3.90. The number of nitro benzene ring substituents is 1. The van der Waals surface area contributed by atoms with Gasteiger partial charge in [-0.05, 0) is 23.8 Å². The van der Waals surface area contributed by atoms with Gasteiger partial charge in [-0.25, -0.2) is 0 Å². The first kappa shape index (κ1) is 19.7. The summed E-state index contributed by atoms with van der Waals surface area (Å²) in [7, 11) is 0. The van der Waals surface area contributed by atoms with Crippen molar-refractivity contribution >= 4 is 40.6 Å². The van der Waals surface area contributed by atoms with Crippen LogP contribution in [-0.2, 0) is 16.0 Å². The normalized spacial score (nSPS) is 10.3. The molecule has 2 rings (SSSR count). The van der Waals surface area contributed by atoms with E-state index in [0.717, 1.165) is 0 Å². The van der Waals surface area contributed by atoms with Crippen LogP contribution < -0.4 is 4.74 Å². The standard InChI is InChI=1S/C17H13Cl2NO6/c1-10(21)25-9-26-17-5-3-12(18)7-14(17)16(22)6-11-2-4-13(20(23)24)8-15(11)19/h2-5,7-8H,6,9H2,1H3. The molecule has 26 heavy (non-hydrogen) atoms. The van der Waals surface area contributed by atoms with Crippen LogP contribution in [0.2, 0.25) is 10.0 Å². The molecule has 0 aromatic heterocycles. The third kappa shape index (κ3) is 5.18. The van der Waals surface area contributed by atoms with E-state index in [9.17, 15) is 19.7 Å². The zero-order valence-electron chi connectivity index (χ0n) is 13.5. The van der Waals surface area contributed by atoms with Crippen molar-refractivity contribution in [3.63, 3.8) is 0 Å². The summed E-state index contributed by atoms with van der Waals surface area (Å²) in [6.07, 6.45) is -0.110. The van der Waals surface area contributed by atoms with Crippen molar-refractivity contribution in [1.82, 2.24) is 0 Å². The first-order chi connectivity index (χ1) is 12.3. The molecule has 0 unspecified atom stereocenters. The van der Waals surface area contributed by atoms with E-state index >= 15 is 0 Å². The van der Waals surface area contributed by atoms with Crippen molar-refractivity contribution in [2.75, 3.05) is 6.79 Å². The number of non-ortho nitro benzene ring substituents is 1. The smallest absolute Gasteiger partial charge is 0.305 e. The number of benzene rings is 2. The lowest BCUT2D eigenvalue weighted by Gasteiger charge is -2.11. The minimum absolute atomic E-state index is 0.108. The summed E-state index contributed by atoms with van der Waals surface area (Å²) in [6, 6.07) is 8.30. The average molecular weight is 398 g/mol. The second-order valence-corrected chi connectivity index (χ2v) is 6.02. The van der Waals surface area contributed by atoms with Gasteiger partial charge in [-0.15, -0.1) is 0 Å². The van der Waals surface area contributed by atoms with Gasteiger partial charge in [0.1, 0.15) is 5.75 Å². The van der Waals surface area contributed by atoms with Crippen LogP contribution in [0, 0.1) is 10.1 Å². The number of hydrogen-bond donors (Lipinski definition) is 0. The number of nitro groups is 1. The molecule has 0 radical (unpaired) electrons. The van der Waals surface area contributed by atoms with Crippen LogP contribution in [0.3, 0.4) is 0 Å². The molecule has 136 valence electrons. The van der Waals surface area contributed by atoms with Crippen molar-refractivity contribution in [2.24, 2.45) is 0 Å². The number of hydrogen-bond acceptors (Lipinski definition) is 6. The summed E-state index contributed by atoms with van der Waals surface area (Å²) in [5.74, 6) is -0.690. The minimum atomic E-state index is -0.574. The Hall–Kier alpha value is -2.64.